The minimum Gasteiger partial charge on any atom is -0.381 e. The normalized spacial score (nSPS) is 28.4. The van der Waals surface area contributed by atoms with Gasteiger partial charge >= 0.3 is 0 Å². The molecule has 0 bridgehead atoms. The first-order valence-corrected chi connectivity index (χ1v) is 5.57. The Morgan fingerprint density at radius 2 is 1.69 bits per heavy atom. The van der Waals surface area contributed by atoms with Crippen LogP contribution in [0.25, 0.3) is 0 Å². The summed E-state index contributed by atoms with van der Waals surface area (Å²) in [5.41, 5.74) is 0.428. The second-order valence-electron chi connectivity index (χ2n) is 5.37. The van der Waals surface area contributed by atoms with Crippen LogP contribution in [0.2, 0.25) is 0 Å². The average Bonchev–Trinajstić information content (AvgIpc) is 2.03. The minimum atomic E-state index is 0.428. The van der Waals surface area contributed by atoms with Crippen molar-refractivity contribution in [2.24, 2.45) is 23.2 Å². The van der Waals surface area contributed by atoms with E-state index in [4.69, 9.17) is 4.74 Å². The van der Waals surface area contributed by atoms with Crippen molar-refractivity contribution in [1.29, 1.82) is 0 Å². The summed E-state index contributed by atoms with van der Waals surface area (Å²) in [6.45, 7) is 13.6. The predicted octanol–water partition coefficient (Wildman–Crippen LogP) is 3.34. The molecule has 0 radical (unpaired) electrons. The first-order chi connectivity index (χ1) is 5.99. The fraction of sp³-hybridized carbons (Fsp3) is 1.00. The van der Waals surface area contributed by atoms with Crippen molar-refractivity contribution in [3.05, 3.63) is 0 Å². The Morgan fingerprint density at radius 1 is 1.15 bits per heavy atom. The Labute approximate surface area is 82.9 Å². The second-order valence-corrected chi connectivity index (χ2v) is 5.37. The van der Waals surface area contributed by atoms with Crippen LogP contribution in [0.1, 0.15) is 41.0 Å². The molecule has 0 aromatic carbocycles. The molecule has 0 aromatic rings. The van der Waals surface area contributed by atoms with Gasteiger partial charge in [-0.25, -0.2) is 0 Å². The van der Waals surface area contributed by atoms with E-state index >= 15 is 0 Å². The van der Waals surface area contributed by atoms with Gasteiger partial charge in [-0.3, -0.25) is 0 Å². The predicted molar refractivity (Wildman–Crippen MR) is 56.7 cm³/mol. The maximum Gasteiger partial charge on any atom is 0.0527 e. The molecule has 1 rings (SSSR count). The van der Waals surface area contributed by atoms with Crippen molar-refractivity contribution in [3.8, 4) is 0 Å². The molecule has 0 aliphatic carbocycles. The van der Waals surface area contributed by atoms with Crippen molar-refractivity contribution in [2.45, 2.75) is 41.0 Å². The molecule has 1 saturated heterocycles. The largest absolute Gasteiger partial charge is 0.381 e. The lowest BCUT2D eigenvalue weighted by molar-refractivity contribution is -0.0863. The van der Waals surface area contributed by atoms with Crippen LogP contribution in [-0.2, 0) is 4.74 Å². The molecule has 0 spiro atoms. The zero-order valence-corrected chi connectivity index (χ0v) is 9.76. The Kier molecular flexibility index (Phi) is 3.39. The summed E-state index contributed by atoms with van der Waals surface area (Å²) >= 11 is 0. The molecule has 1 aliphatic heterocycles. The standard InChI is InChI=1S/C12H24O/c1-9(2)12(10(3)4)6-11(5)7-13-8-12/h9-11H,6-8H2,1-5H3. The van der Waals surface area contributed by atoms with Gasteiger partial charge in [0.25, 0.3) is 0 Å². The van der Waals surface area contributed by atoms with Crippen LogP contribution in [0.5, 0.6) is 0 Å². The topological polar surface area (TPSA) is 9.23 Å². The van der Waals surface area contributed by atoms with Crippen LogP contribution in [0.3, 0.4) is 0 Å². The molecule has 0 N–H and O–H groups in total. The van der Waals surface area contributed by atoms with Crippen molar-refractivity contribution < 1.29 is 4.74 Å². The van der Waals surface area contributed by atoms with Crippen LogP contribution in [-0.4, -0.2) is 13.2 Å². The van der Waals surface area contributed by atoms with Crippen molar-refractivity contribution >= 4 is 0 Å². The molecule has 0 aromatic heterocycles. The summed E-state index contributed by atoms with van der Waals surface area (Å²) in [5, 5.41) is 0. The fourth-order valence-corrected chi connectivity index (χ4v) is 2.69. The van der Waals surface area contributed by atoms with Crippen LogP contribution in [0.15, 0.2) is 0 Å². The van der Waals surface area contributed by atoms with E-state index in [0.29, 0.717) is 5.41 Å². The number of ether oxygens (including phenoxy) is 1. The lowest BCUT2D eigenvalue weighted by Crippen LogP contribution is -2.43. The fourth-order valence-electron chi connectivity index (χ4n) is 2.69. The van der Waals surface area contributed by atoms with Gasteiger partial charge in [-0.15, -0.1) is 0 Å². The van der Waals surface area contributed by atoms with Crippen molar-refractivity contribution in [2.75, 3.05) is 13.2 Å². The summed E-state index contributed by atoms with van der Waals surface area (Å²) in [6, 6.07) is 0. The van der Waals surface area contributed by atoms with Gasteiger partial charge in [0.2, 0.25) is 0 Å². The SMILES string of the molecule is CC1COCC(C(C)C)(C(C)C)C1. The van der Waals surface area contributed by atoms with Gasteiger partial charge in [0.1, 0.15) is 0 Å². The molecule has 0 amide bonds. The van der Waals surface area contributed by atoms with Gasteiger partial charge in [0.15, 0.2) is 0 Å². The molecule has 13 heavy (non-hydrogen) atoms. The molecule has 1 heterocycles. The zero-order valence-electron chi connectivity index (χ0n) is 9.76. The summed E-state index contributed by atoms with van der Waals surface area (Å²) in [4.78, 5) is 0. The third-order valence-corrected chi connectivity index (χ3v) is 3.80. The van der Waals surface area contributed by atoms with E-state index in [-0.39, 0.29) is 0 Å². The minimum absolute atomic E-state index is 0.428. The van der Waals surface area contributed by atoms with Crippen LogP contribution in [0.4, 0.5) is 0 Å². The molecule has 1 atom stereocenters. The zero-order chi connectivity index (χ0) is 10.1. The van der Waals surface area contributed by atoms with E-state index in [2.05, 4.69) is 34.6 Å². The highest BCUT2D eigenvalue weighted by Crippen LogP contribution is 2.44. The number of rotatable bonds is 2. The van der Waals surface area contributed by atoms with E-state index in [1.54, 1.807) is 0 Å². The van der Waals surface area contributed by atoms with Gasteiger partial charge in [0, 0.05) is 6.61 Å². The monoisotopic (exact) mass is 184 g/mol. The van der Waals surface area contributed by atoms with Crippen LogP contribution >= 0.6 is 0 Å². The average molecular weight is 184 g/mol. The van der Waals surface area contributed by atoms with E-state index in [1.165, 1.54) is 6.42 Å². The maximum absolute atomic E-state index is 5.72. The van der Waals surface area contributed by atoms with Gasteiger partial charge in [-0.05, 0) is 29.6 Å². The maximum atomic E-state index is 5.72. The third-order valence-electron chi connectivity index (χ3n) is 3.80. The smallest absolute Gasteiger partial charge is 0.0527 e. The van der Waals surface area contributed by atoms with Crippen molar-refractivity contribution in [3.63, 3.8) is 0 Å². The number of hydrogen-bond donors (Lipinski definition) is 0. The number of hydrogen-bond acceptors (Lipinski definition) is 1. The van der Waals surface area contributed by atoms with Gasteiger partial charge in [-0.2, -0.15) is 0 Å². The molecule has 0 saturated carbocycles. The first kappa shape index (κ1) is 11.0. The molecule has 1 fully saturated rings. The van der Waals surface area contributed by atoms with E-state index in [9.17, 15) is 0 Å². The lowest BCUT2D eigenvalue weighted by atomic mass is 9.64. The van der Waals surface area contributed by atoms with E-state index in [0.717, 1.165) is 31.0 Å². The first-order valence-electron chi connectivity index (χ1n) is 5.57. The quantitative estimate of drug-likeness (QED) is 0.639. The summed E-state index contributed by atoms with van der Waals surface area (Å²) < 4.78 is 5.72. The van der Waals surface area contributed by atoms with Crippen LogP contribution in [0, 0.1) is 23.2 Å². The van der Waals surface area contributed by atoms with E-state index < -0.39 is 0 Å². The molecule has 1 nitrogen and oxygen atoms in total. The van der Waals surface area contributed by atoms with Gasteiger partial charge in [0.05, 0.1) is 6.61 Å². The Hall–Kier alpha value is -0.0400. The molecular weight excluding hydrogens is 160 g/mol. The van der Waals surface area contributed by atoms with Crippen LogP contribution < -0.4 is 0 Å². The highest BCUT2D eigenvalue weighted by Gasteiger charge is 2.40. The van der Waals surface area contributed by atoms with E-state index in [1.807, 2.05) is 0 Å². The van der Waals surface area contributed by atoms with Gasteiger partial charge in [-0.1, -0.05) is 34.6 Å². The lowest BCUT2D eigenvalue weighted by Gasteiger charge is -2.46. The summed E-state index contributed by atoms with van der Waals surface area (Å²) in [5.74, 6) is 2.20. The Morgan fingerprint density at radius 3 is 2.00 bits per heavy atom. The Balaban J connectivity index is 2.77. The van der Waals surface area contributed by atoms with Gasteiger partial charge < -0.3 is 4.74 Å². The molecule has 1 aliphatic rings. The molecule has 78 valence electrons. The summed E-state index contributed by atoms with van der Waals surface area (Å²) in [7, 11) is 0. The Bertz CT molecular complexity index is 153. The summed E-state index contributed by atoms with van der Waals surface area (Å²) in [6.07, 6.45) is 1.34. The molecule has 1 unspecified atom stereocenters. The highest BCUT2D eigenvalue weighted by molar-refractivity contribution is 4.89. The molecule has 1 heteroatoms. The third kappa shape index (κ3) is 2.07. The van der Waals surface area contributed by atoms with Crippen molar-refractivity contribution in [1.82, 2.24) is 0 Å². The molecular formula is C12H24O. The highest BCUT2D eigenvalue weighted by atomic mass is 16.5. The second kappa shape index (κ2) is 4.00.